The highest BCUT2D eigenvalue weighted by atomic mass is 79.9. The first-order valence-corrected chi connectivity index (χ1v) is 7.34. The summed E-state index contributed by atoms with van der Waals surface area (Å²) >= 11 is 3.32. The standard InChI is InChI=1S/C16H17BrN2O/c1-2-3-11-4-7-13(8-5-11)19-16(20)14-9-6-12(17)10-15(14)18/h4-10H,2-3,18H2,1H3,(H,19,20). The number of benzene rings is 2. The molecule has 2 aromatic rings. The number of halogens is 1. The van der Waals surface area contributed by atoms with Crippen LogP contribution in [0.1, 0.15) is 29.3 Å². The quantitative estimate of drug-likeness (QED) is 0.823. The number of amides is 1. The molecule has 0 aromatic heterocycles. The van der Waals surface area contributed by atoms with Gasteiger partial charge >= 0.3 is 0 Å². The van der Waals surface area contributed by atoms with Gasteiger partial charge in [0.15, 0.2) is 0 Å². The van der Waals surface area contributed by atoms with E-state index in [4.69, 9.17) is 5.73 Å². The van der Waals surface area contributed by atoms with Gasteiger partial charge < -0.3 is 11.1 Å². The van der Waals surface area contributed by atoms with Crippen LogP contribution in [0.25, 0.3) is 0 Å². The second kappa shape index (κ2) is 6.57. The minimum Gasteiger partial charge on any atom is -0.398 e. The maximum atomic E-state index is 12.2. The fourth-order valence-corrected chi connectivity index (χ4v) is 2.36. The van der Waals surface area contributed by atoms with Crippen molar-refractivity contribution in [2.75, 3.05) is 11.1 Å². The summed E-state index contributed by atoms with van der Waals surface area (Å²) in [6.07, 6.45) is 2.16. The minimum atomic E-state index is -0.196. The molecule has 0 bridgehead atoms. The van der Waals surface area contributed by atoms with Crippen LogP contribution >= 0.6 is 15.9 Å². The van der Waals surface area contributed by atoms with Crippen molar-refractivity contribution in [3.63, 3.8) is 0 Å². The maximum absolute atomic E-state index is 12.2. The molecule has 0 fully saturated rings. The third-order valence-corrected chi connectivity index (χ3v) is 3.50. The summed E-state index contributed by atoms with van der Waals surface area (Å²) in [6, 6.07) is 13.1. The molecule has 3 nitrogen and oxygen atoms in total. The zero-order valence-corrected chi connectivity index (χ0v) is 12.9. The van der Waals surface area contributed by atoms with Crippen molar-refractivity contribution < 1.29 is 4.79 Å². The van der Waals surface area contributed by atoms with Gasteiger partial charge in [-0.2, -0.15) is 0 Å². The van der Waals surface area contributed by atoms with Gasteiger partial charge in [0.1, 0.15) is 0 Å². The van der Waals surface area contributed by atoms with Gasteiger partial charge in [0.25, 0.3) is 5.91 Å². The molecule has 0 heterocycles. The molecule has 0 aliphatic rings. The fraction of sp³-hybridized carbons (Fsp3) is 0.188. The fourth-order valence-electron chi connectivity index (χ4n) is 1.98. The highest BCUT2D eigenvalue weighted by Crippen LogP contribution is 2.20. The molecule has 0 aliphatic heterocycles. The molecule has 0 atom stereocenters. The zero-order chi connectivity index (χ0) is 14.5. The molecule has 20 heavy (non-hydrogen) atoms. The van der Waals surface area contributed by atoms with Crippen molar-refractivity contribution in [2.24, 2.45) is 0 Å². The van der Waals surface area contributed by atoms with Gasteiger partial charge in [-0.15, -0.1) is 0 Å². The first-order chi connectivity index (χ1) is 9.60. The Morgan fingerprint density at radius 2 is 1.90 bits per heavy atom. The Labute approximate surface area is 127 Å². The van der Waals surface area contributed by atoms with E-state index in [0.717, 1.165) is 23.0 Å². The Morgan fingerprint density at radius 3 is 2.50 bits per heavy atom. The van der Waals surface area contributed by atoms with Gasteiger partial charge in [0.2, 0.25) is 0 Å². The molecule has 1 amide bonds. The SMILES string of the molecule is CCCc1ccc(NC(=O)c2ccc(Br)cc2N)cc1. The highest BCUT2D eigenvalue weighted by molar-refractivity contribution is 9.10. The maximum Gasteiger partial charge on any atom is 0.257 e. The summed E-state index contributed by atoms with van der Waals surface area (Å²) in [7, 11) is 0. The van der Waals surface area contributed by atoms with Gasteiger partial charge in [-0.1, -0.05) is 41.4 Å². The number of anilines is 2. The van der Waals surface area contributed by atoms with Crippen molar-refractivity contribution in [3.8, 4) is 0 Å². The molecule has 0 spiro atoms. The van der Waals surface area contributed by atoms with Crippen molar-refractivity contribution in [2.45, 2.75) is 19.8 Å². The second-order valence-electron chi connectivity index (χ2n) is 4.63. The summed E-state index contributed by atoms with van der Waals surface area (Å²) in [5.41, 5.74) is 8.83. The molecule has 0 radical (unpaired) electrons. The van der Waals surface area contributed by atoms with Crippen LogP contribution in [-0.4, -0.2) is 5.91 Å². The normalized spacial score (nSPS) is 10.3. The Balaban J connectivity index is 2.11. The molecular formula is C16H17BrN2O. The van der Waals surface area contributed by atoms with E-state index < -0.39 is 0 Å². The number of hydrogen-bond donors (Lipinski definition) is 2. The van der Waals surface area contributed by atoms with Crippen molar-refractivity contribution in [1.29, 1.82) is 0 Å². The predicted octanol–water partition coefficient (Wildman–Crippen LogP) is 4.24. The summed E-state index contributed by atoms with van der Waals surface area (Å²) in [6.45, 7) is 2.14. The zero-order valence-electron chi connectivity index (χ0n) is 11.3. The Kier molecular flexibility index (Phi) is 4.79. The van der Waals surface area contributed by atoms with Crippen LogP contribution < -0.4 is 11.1 Å². The van der Waals surface area contributed by atoms with Crippen LogP contribution in [0.4, 0.5) is 11.4 Å². The van der Waals surface area contributed by atoms with E-state index in [1.807, 2.05) is 24.3 Å². The number of hydrogen-bond acceptors (Lipinski definition) is 2. The third-order valence-electron chi connectivity index (χ3n) is 3.01. The molecule has 3 N–H and O–H groups in total. The predicted molar refractivity (Wildman–Crippen MR) is 86.9 cm³/mol. The van der Waals surface area contributed by atoms with E-state index >= 15 is 0 Å². The first-order valence-electron chi connectivity index (χ1n) is 6.55. The van der Waals surface area contributed by atoms with Gasteiger partial charge in [0, 0.05) is 15.8 Å². The molecule has 0 aliphatic carbocycles. The van der Waals surface area contributed by atoms with Crippen LogP contribution in [0, 0.1) is 0 Å². The van der Waals surface area contributed by atoms with E-state index in [2.05, 4.69) is 28.2 Å². The second-order valence-corrected chi connectivity index (χ2v) is 5.55. The van der Waals surface area contributed by atoms with Crippen molar-refractivity contribution >= 4 is 33.2 Å². The lowest BCUT2D eigenvalue weighted by Gasteiger charge is -2.08. The average Bonchev–Trinajstić information content (AvgIpc) is 2.41. The lowest BCUT2D eigenvalue weighted by atomic mass is 10.1. The smallest absolute Gasteiger partial charge is 0.257 e. The van der Waals surface area contributed by atoms with E-state index in [0.29, 0.717) is 11.3 Å². The van der Waals surface area contributed by atoms with Crippen LogP contribution in [-0.2, 0) is 6.42 Å². The molecule has 2 aromatic carbocycles. The summed E-state index contributed by atoms with van der Waals surface area (Å²) in [5, 5.41) is 2.85. The van der Waals surface area contributed by atoms with E-state index in [9.17, 15) is 4.79 Å². The Morgan fingerprint density at radius 1 is 1.20 bits per heavy atom. The lowest BCUT2D eigenvalue weighted by molar-refractivity contribution is 0.102. The monoisotopic (exact) mass is 332 g/mol. The minimum absolute atomic E-state index is 0.196. The largest absolute Gasteiger partial charge is 0.398 e. The molecule has 0 unspecified atom stereocenters. The van der Waals surface area contributed by atoms with E-state index in [1.54, 1.807) is 18.2 Å². The van der Waals surface area contributed by atoms with Crippen LogP contribution in [0.15, 0.2) is 46.9 Å². The molecular weight excluding hydrogens is 316 g/mol. The number of carbonyl (C=O) groups excluding carboxylic acids is 1. The summed E-state index contributed by atoms with van der Waals surface area (Å²) in [4.78, 5) is 12.2. The third kappa shape index (κ3) is 3.61. The highest BCUT2D eigenvalue weighted by Gasteiger charge is 2.10. The lowest BCUT2D eigenvalue weighted by Crippen LogP contribution is -2.13. The average molecular weight is 333 g/mol. The number of carbonyl (C=O) groups is 1. The molecule has 4 heteroatoms. The van der Waals surface area contributed by atoms with Crippen molar-refractivity contribution in [3.05, 3.63) is 58.1 Å². The van der Waals surface area contributed by atoms with Crippen LogP contribution in [0.5, 0.6) is 0 Å². The molecule has 2 rings (SSSR count). The number of nitrogens with one attached hydrogen (secondary N) is 1. The molecule has 0 saturated heterocycles. The van der Waals surface area contributed by atoms with Gasteiger partial charge in [-0.05, 0) is 42.3 Å². The van der Waals surface area contributed by atoms with Gasteiger partial charge in [0.05, 0.1) is 5.56 Å². The van der Waals surface area contributed by atoms with Crippen LogP contribution in [0.2, 0.25) is 0 Å². The Hall–Kier alpha value is -1.81. The van der Waals surface area contributed by atoms with Gasteiger partial charge in [-0.3, -0.25) is 4.79 Å². The van der Waals surface area contributed by atoms with Crippen molar-refractivity contribution in [1.82, 2.24) is 0 Å². The number of nitrogens with two attached hydrogens (primary N) is 1. The van der Waals surface area contributed by atoms with E-state index in [1.165, 1.54) is 5.56 Å². The number of nitrogen functional groups attached to an aromatic ring is 1. The number of rotatable bonds is 4. The molecule has 0 saturated carbocycles. The Bertz CT molecular complexity index is 608. The molecule has 104 valence electrons. The van der Waals surface area contributed by atoms with E-state index in [-0.39, 0.29) is 5.91 Å². The summed E-state index contributed by atoms with van der Waals surface area (Å²) in [5.74, 6) is -0.196. The number of aryl methyl sites for hydroxylation is 1. The summed E-state index contributed by atoms with van der Waals surface area (Å²) < 4.78 is 0.857. The first kappa shape index (κ1) is 14.6. The van der Waals surface area contributed by atoms with Crippen LogP contribution in [0.3, 0.4) is 0 Å². The van der Waals surface area contributed by atoms with Gasteiger partial charge in [-0.25, -0.2) is 0 Å². The topological polar surface area (TPSA) is 55.1 Å².